The molecule has 1 aromatic rings. The van der Waals surface area contributed by atoms with Crippen molar-refractivity contribution in [3.05, 3.63) is 22.2 Å². The van der Waals surface area contributed by atoms with Crippen LogP contribution in [0.2, 0.25) is 10.0 Å². The van der Waals surface area contributed by atoms with Crippen molar-refractivity contribution in [1.29, 1.82) is 0 Å². The summed E-state index contributed by atoms with van der Waals surface area (Å²) in [4.78, 5) is 11.0. The number of hydrazine groups is 1. The second-order valence-electron chi connectivity index (χ2n) is 2.57. The van der Waals surface area contributed by atoms with Crippen molar-refractivity contribution < 1.29 is 9.53 Å². The highest BCUT2D eigenvalue weighted by molar-refractivity contribution is 6.36. The zero-order valence-corrected chi connectivity index (χ0v) is 9.32. The molecule has 0 saturated carbocycles. The lowest BCUT2D eigenvalue weighted by molar-refractivity contribution is 0.252. The number of nitrogens with one attached hydrogen (secondary N) is 2. The highest BCUT2D eigenvalue weighted by Crippen LogP contribution is 2.35. The largest absolute Gasteiger partial charge is 0.493 e. The van der Waals surface area contributed by atoms with Crippen molar-refractivity contribution in [2.45, 2.75) is 0 Å². The summed E-state index contributed by atoms with van der Waals surface area (Å²) in [5.41, 5.74) is 2.26. The van der Waals surface area contributed by atoms with E-state index in [1.165, 1.54) is 19.2 Å². The summed E-state index contributed by atoms with van der Waals surface area (Å²) in [6.07, 6.45) is 0. The minimum Gasteiger partial charge on any atom is -0.493 e. The first-order chi connectivity index (χ1) is 7.08. The van der Waals surface area contributed by atoms with E-state index >= 15 is 0 Å². The van der Waals surface area contributed by atoms with Crippen LogP contribution in [-0.2, 0) is 0 Å². The van der Waals surface area contributed by atoms with Crippen LogP contribution in [0.25, 0.3) is 0 Å². The minimum absolute atomic E-state index is 0.303. The Morgan fingerprint density at radius 3 is 2.67 bits per heavy atom. The maximum absolute atomic E-state index is 11.0. The first-order valence-corrected chi connectivity index (χ1v) is 4.64. The molecule has 0 bridgehead atoms. The van der Waals surface area contributed by atoms with Crippen LogP contribution < -0.4 is 21.3 Å². The zero-order chi connectivity index (χ0) is 11.4. The number of rotatable bonds is 2. The molecule has 2 amide bonds. The Morgan fingerprint density at radius 1 is 1.47 bits per heavy atom. The Labute approximate surface area is 96.5 Å². The molecule has 1 rings (SSSR count). The molecule has 5 nitrogen and oxygen atoms in total. The average Bonchev–Trinajstić information content (AvgIpc) is 2.17. The molecule has 0 aliphatic rings. The molecule has 0 spiro atoms. The van der Waals surface area contributed by atoms with Gasteiger partial charge in [0.05, 0.1) is 17.8 Å². The third kappa shape index (κ3) is 2.89. The first kappa shape index (κ1) is 11.9. The van der Waals surface area contributed by atoms with Crippen LogP contribution >= 0.6 is 23.2 Å². The highest BCUT2D eigenvalue weighted by Gasteiger charge is 2.11. The summed E-state index contributed by atoms with van der Waals surface area (Å²) in [5.74, 6) is 5.24. The number of benzene rings is 1. The van der Waals surface area contributed by atoms with E-state index in [0.29, 0.717) is 21.5 Å². The fraction of sp³-hybridized carbons (Fsp3) is 0.125. The second kappa shape index (κ2) is 5.06. The topological polar surface area (TPSA) is 76.4 Å². The quantitative estimate of drug-likeness (QED) is 0.426. The monoisotopic (exact) mass is 249 g/mol. The fourth-order valence-electron chi connectivity index (χ4n) is 1.02. The van der Waals surface area contributed by atoms with Crippen LogP contribution in [0.3, 0.4) is 0 Å². The van der Waals surface area contributed by atoms with Crippen LogP contribution in [0.4, 0.5) is 10.5 Å². The number of hydrogen-bond donors (Lipinski definition) is 3. The maximum atomic E-state index is 11.0. The van der Waals surface area contributed by atoms with Gasteiger partial charge in [0, 0.05) is 5.02 Å². The molecule has 82 valence electrons. The van der Waals surface area contributed by atoms with E-state index in [0.717, 1.165) is 0 Å². The van der Waals surface area contributed by atoms with Crippen molar-refractivity contribution in [1.82, 2.24) is 5.43 Å². The van der Waals surface area contributed by atoms with E-state index in [1.54, 1.807) is 0 Å². The summed E-state index contributed by atoms with van der Waals surface area (Å²) < 4.78 is 5.00. The Bertz CT molecular complexity index is 384. The van der Waals surface area contributed by atoms with Crippen molar-refractivity contribution >= 4 is 34.9 Å². The number of carbonyl (C=O) groups excluding carboxylic acids is 1. The summed E-state index contributed by atoms with van der Waals surface area (Å²) in [7, 11) is 1.43. The normalized spacial score (nSPS) is 9.60. The molecule has 0 radical (unpaired) electrons. The van der Waals surface area contributed by atoms with E-state index in [2.05, 4.69) is 5.32 Å². The number of nitrogens with two attached hydrogens (primary N) is 1. The number of carbonyl (C=O) groups is 1. The van der Waals surface area contributed by atoms with Crippen molar-refractivity contribution in [2.24, 2.45) is 5.84 Å². The lowest BCUT2D eigenvalue weighted by Gasteiger charge is -2.11. The summed E-state index contributed by atoms with van der Waals surface area (Å²) in [6.45, 7) is 0. The van der Waals surface area contributed by atoms with Crippen LogP contribution in [0.5, 0.6) is 5.75 Å². The first-order valence-electron chi connectivity index (χ1n) is 3.89. The van der Waals surface area contributed by atoms with Crippen LogP contribution in [0.1, 0.15) is 0 Å². The number of ether oxygens (including phenoxy) is 1. The van der Waals surface area contributed by atoms with Gasteiger partial charge < -0.3 is 10.1 Å². The van der Waals surface area contributed by atoms with Gasteiger partial charge in [-0.3, -0.25) is 5.43 Å². The SMILES string of the molecule is COc1c(Cl)cc(Cl)cc1NC(=O)NN. The molecule has 0 aliphatic heterocycles. The molecule has 1 aromatic carbocycles. The Balaban J connectivity index is 3.09. The average molecular weight is 250 g/mol. The van der Waals surface area contributed by atoms with E-state index in [9.17, 15) is 4.79 Å². The highest BCUT2D eigenvalue weighted by atomic mass is 35.5. The number of hydrogen-bond acceptors (Lipinski definition) is 3. The third-order valence-corrected chi connectivity index (χ3v) is 2.09. The van der Waals surface area contributed by atoms with Crippen molar-refractivity contribution in [3.63, 3.8) is 0 Å². The van der Waals surface area contributed by atoms with Gasteiger partial charge in [-0.05, 0) is 12.1 Å². The Hall–Kier alpha value is -1.17. The maximum Gasteiger partial charge on any atom is 0.333 e. The van der Waals surface area contributed by atoms with Crippen LogP contribution in [0.15, 0.2) is 12.1 Å². The van der Waals surface area contributed by atoms with Gasteiger partial charge in [0.2, 0.25) is 0 Å². The number of anilines is 1. The molecule has 7 heteroatoms. The third-order valence-electron chi connectivity index (χ3n) is 1.59. The van der Waals surface area contributed by atoms with E-state index in [-0.39, 0.29) is 0 Å². The molecule has 15 heavy (non-hydrogen) atoms. The number of amides is 2. The number of methoxy groups -OCH3 is 1. The standard InChI is InChI=1S/C8H9Cl2N3O2/c1-15-7-5(10)2-4(9)3-6(7)12-8(14)13-11/h2-3H,11H2,1H3,(H2,12,13,14). The Kier molecular flexibility index (Phi) is 4.02. The molecule has 0 fully saturated rings. The molecule has 0 heterocycles. The van der Waals surface area contributed by atoms with Gasteiger partial charge >= 0.3 is 6.03 Å². The summed E-state index contributed by atoms with van der Waals surface area (Å²) >= 11 is 11.6. The van der Waals surface area contributed by atoms with Gasteiger partial charge in [0.15, 0.2) is 5.75 Å². The summed E-state index contributed by atoms with van der Waals surface area (Å²) in [6, 6.07) is 2.42. The van der Waals surface area contributed by atoms with E-state index < -0.39 is 6.03 Å². The minimum atomic E-state index is -0.591. The molecule has 0 aliphatic carbocycles. The van der Waals surface area contributed by atoms with Crippen molar-refractivity contribution in [2.75, 3.05) is 12.4 Å². The van der Waals surface area contributed by atoms with E-state index in [4.69, 9.17) is 33.8 Å². The van der Waals surface area contributed by atoms with Gasteiger partial charge in [0.25, 0.3) is 0 Å². The zero-order valence-electron chi connectivity index (χ0n) is 7.80. The molecule has 0 saturated heterocycles. The predicted octanol–water partition coefficient (Wildman–Crippen LogP) is 2.00. The summed E-state index contributed by atoms with van der Waals surface area (Å²) in [5, 5.41) is 3.11. The fourth-order valence-corrected chi connectivity index (χ4v) is 1.59. The molecule has 4 N–H and O–H groups in total. The predicted molar refractivity (Wildman–Crippen MR) is 59.4 cm³/mol. The molecule has 0 unspecified atom stereocenters. The smallest absolute Gasteiger partial charge is 0.333 e. The van der Waals surface area contributed by atoms with Crippen LogP contribution in [0, 0.1) is 0 Å². The number of urea groups is 1. The van der Waals surface area contributed by atoms with Gasteiger partial charge in [-0.25, -0.2) is 10.6 Å². The lowest BCUT2D eigenvalue weighted by atomic mass is 10.3. The Morgan fingerprint density at radius 2 is 2.13 bits per heavy atom. The van der Waals surface area contributed by atoms with Gasteiger partial charge in [-0.1, -0.05) is 23.2 Å². The molecule has 0 atom stereocenters. The second-order valence-corrected chi connectivity index (χ2v) is 3.41. The van der Waals surface area contributed by atoms with Gasteiger partial charge in [-0.2, -0.15) is 0 Å². The van der Waals surface area contributed by atoms with E-state index in [1.807, 2.05) is 5.43 Å². The molecular weight excluding hydrogens is 241 g/mol. The van der Waals surface area contributed by atoms with Gasteiger partial charge in [-0.15, -0.1) is 0 Å². The molecular formula is C8H9Cl2N3O2. The lowest BCUT2D eigenvalue weighted by Crippen LogP contribution is -2.34. The number of halogens is 2. The molecule has 0 aromatic heterocycles. The van der Waals surface area contributed by atoms with Gasteiger partial charge in [0.1, 0.15) is 0 Å². The van der Waals surface area contributed by atoms with Crippen LogP contribution in [-0.4, -0.2) is 13.1 Å². The van der Waals surface area contributed by atoms with Crippen molar-refractivity contribution in [3.8, 4) is 5.75 Å².